The summed E-state index contributed by atoms with van der Waals surface area (Å²) in [5.74, 6) is 0. The van der Waals surface area contributed by atoms with Gasteiger partial charge in [0, 0.05) is 12.6 Å². The molecule has 0 aliphatic rings. The van der Waals surface area contributed by atoms with E-state index in [2.05, 4.69) is 33.0 Å². The Hall–Kier alpha value is -0.0800. The summed E-state index contributed by atoms with van der Waals surface area (Å²) in [7, 11) is 0. The van der Waals surface area contributed by atoms with Crippen LogP contribution in [-0.2, 0) is 4.74 Å². The van der Waals surface area contributed by atoms with Gasteiger partial charge in [-0.15, -0.1) is 0 Å². The van der Waals surface area contributed by atoms with Crippen molar-refractivity contribution in [1.82, 2.24) is 5.32 Å². The number of likely N-dealkylation sites (N-methyl/N-ethyl adjacent to an activating group) is 1. The van der Waals surface area contributed by atoms with Gasteiger partial charge >= 0.3 is 0 Å². The Labute approximate surface area is 121 Å². The lowest BCUT2D eigenvalue weighted by atomic mass is 10.0. The quantitative estimate of drug-likeness (QED) is 0.453. The Balaban J connectivity index is 3.52. The molecule has 116 valence electrons. The van der Waals surface area contributed by atoms with Crippen molar-refractivity contribution < 1.29 is 4.74 Å². The van der Waals surface area contributed by atoms with Crippen molar-refractivity contribution in [2.75, 3.05) is 13.2 Å². The highest BCUT2D eigenvalue weighted by Crippen LogP contribution is 2.13. The molecule has 2 nitrogen and oxygen atoms in total. The molecule has 0 rings (SSSR count). The van der Waals surface area contributed by atoms with Crippen LogP contribution >= 0.6 is 0 Å². The van der Waals surface area contributed by atoms with E-state index < -0.39 is 0 Å². The Morgan fingerprint density at radius 3 is 1.95 bits per heavy atom. The minimum Gasteiger partial charge on any atom is -0.377 e. The van der Waals surface area contributed by atoms with E-state index in [1.165, 1.54) is 57.8 Å². The SMILES string of the molecule is CCCCCCCCCCC(NCC)C(C)OCC. The zero-order valence-corrected chi connectivity index (χ0v) is 13.8. The Morgan fingerprint density at radius 2 is 1.42 bits per heavy atom. The molecule has 1 N–H and O–H groups in total. The van der Waals surface area contributed by atoms with E-state index in [4.69, 9.17) is 4.74 Å². The fourth-order valence-corrected chi connectivity index (χ4v) is 2.64. The number of unbranched alkanes of at least 4 members (excludes halogenated alkanes) is 7. The first-order chi connectivity index (χ1) is 9.26. The van der Waals surface area contributed by atoms with E-state index in [0.717, 1.165) is 13.2 Å². The molecule has 0 saturated carbocycles. The maximum Gasteiger partial charge on any atom is 0.0699 e. The van der Waals surface area contributed by atoms with E-state index in [1.807, 2.05) is 0 Å². The minimum absolute atomic E-state index is 0.342. The lowest BCUT2D eigenvalue weighted by Gasteiger charge is -2.24. The summed E-state index contributed by atoms with van der Waals surface area (Å²) in [6.07, 6.45) is 12.8. The van der Waals surface area contributed by atoms with Gasteiger partial charge in [-0.2, -0.15) is 0 Å². The van der Waals surface area contributed by atoms with Crippen LogP contribution in [0.3, 0.4) is 0 Å². The highest BCUT2D eigenvalue weighted by atomic mass is 16.5. The van der Waals surface area contributed by atoms with Gasteiger partial charge in [0.05, 0.1) is 6.10 Å². The Bertz CT molecular complexity index is 173. The fraction of sp³-hybridized carbons (Fsp3) is 1.00. The number of ether oxygens (including phenoxy) is 1. The highest BCUT2D eigenvalue weighted by Gasteiger charge is 2.15. The van der Waals surface area contributed by atoms with Gasteiger partial charge in [-0.1, -0.05) is 65.2 Å². The maximum absolute atomic E-state index is 5.72. The summed E-state index contributed by atoms with van der Waals surface area (Å²) in [5.41, 5.74) is 0. The molecule has 19 heavy (non-hydrogen) atoms. The van der Waals surface area contributed by atoms with Crippen LogP contribution in [0.1, 0.15) is 85.5 Å². The van der Waals surface area contributed by atoms with Crippen LogP contribution < -0.4 is 5.32 Å². The van der Waals surface area contributed by atoms with E-state index in [1.54, 1.807) is 0 Å². The van der Waals surface area contributed by atoms with Crippen LogP contribution in [0.2, 0.25) is 0 Å². The molecule has 2 atom stereocenters. The molecule has 0 spiro atoms. The first-order valence-electron chi connectivity index (χ1n) is 8.61. The van der Waals surface area contributed by atoms with Crippen molar-refractivity contribution in [3.8, 4) is 0 Å². The molecule has 0 heterocycles. The molecule has 0 aliphatic heterocycles. The molecule has 2 heteroatoms. The zero-order chi connectivity index (χ0) is 14.3. The third kappa shape index (κ3) is 11.4. The lowest BCUT2D eigenvalue weighted by molar-refractivity contribution is 0.0449. The molecule has 0 aromatic heterocycles. The summed E-state index contributed by atoms with van der Waals surface area (Å²) in [6.45, 7) is 10.6. The smallest absolute Gasteiger partial charge is 0.0699 e. The predicted molar refractivity (Wildman–Crippen MR) is 85.8 cm³/mol. The van der Waals surface area contributed by atoms with Crippen molar-refractivity contribution >= 4 is 0 Å². The summed E-state index contributed by atoms with van der Waals surface area (Å²) >= 11 is 0. The van der Waals surface area contributed by atoms with Gasteiger partial charge in [-0.05, 0) is 26.8 Å². The van der Waals surface area contributed by atoms with E-state index >= 15 is 0 Å². The normalized spacial score (nSPS) is 14.5. The van der Waals surface area contributed by atoms with Crippen molar-refractivity contribution in [2.24, 2.45) is 0 Å². The molecule has 0 bridgehead atoms. The second-order valence-corrected chi connectivity index (χ2v) is 5.59. The van der Waals surface area contributed by atoms with E-state index in [0.29, 0.717) is 12.1 Å². The standard InChI is InChI=1S/C17H37NO/c1-5-8-9-10-11-12-13-14-15-17(18-6-2)16(4)19-7-3/h16-18H,5-15H2,1-4H3. The minimum atomic E-state index is 0.342. The first-order valence-corrected chi connectivity index (χ1v) is 8.61. The molecule has 0 aromatic carbocycles. The summed E-state index contributed by atoms with van der Waals surface area (Å²) < 4.78 is 5.72. The van der Waals surface area contributed by atoms with Gasteiger partial charge in [0.15, 0.2) is 0 Å². The molecule has 0 amide bonds. The molecule has 0 radical (unpaired) electrons. The van der Waals surface area contributed by atoms with Gasteiger partial charge in [0.25, 0.3) is 0 Å². The number of hydrogen-bond acceptors (Lipinski definition) is 2. The lowest BCUT2D eigenvalue weighted by Crippen LogP contribution is -2.39. The van der Waals surface area contributed by atoms with E-state index in [9.17, 15) is 0 Å². The highest BCUT2D eigenvalue weighted by molar-refractivity contribution is 4.73. The fourth-order valence-electron chi connectivity index (χ4n) is 2.64. The van der Waals surface area contributed by atoms with Crippen LogP contribution in [0.4, 0.5) is 0 Å². The molecule has 0 fully saturated rings. The first kappa shape index (κ1) is 18.9. The van der Waals surface area contributed by atoms with Crippen molar-refractivity contribution in [3.05, 3.63) is 0 Å². The summed E-state index contributed by atoms with van der Waals surface area (Å²) in [6, 6.07) is 0.532. The molecule has 0 aliphatic carbocycles. The third-order valence-corrected chi connectivity index (χ3v) is 3.83. The van der Waals surface area contributed by atoms with Crippen molar-refractivity contribution in [1.29, 1.82) is 0 Å². The van der Waals surface area contributed by atoms with Crippen LogP contribution in [0, 0.1) is 0 Å². The Kier molecular flexibility index (Phi) is 14.3. The third-order valence-electron chi connectivity index (χ3n) is 3.83. The van der Waals surface area contributed by atoms with Gasteiger partial charge in [0.2, 0.25) is 0 Å². The predicted octanol–water partition coefficient (Wildman–Crippen LogP) is 4.92. The van der Waals surface area contributed by atoms with Crippen LogP contribution in [-0.4, -0.2) is 25.3 Å². The monoisotopic (exact) mass is 271 g/mol. The molecule has 2 unspecified atom stereocenters. The number of hydrogen-bond donors (Lipinski definition) is 1. The molecular weight excluding hydrogens is 234 g/mol. The molecular formula is C17H37NO. The largest absolute Gasteiger partial charge is 0.377 e. The second kappa shape index (κ2) is 14.3. The summed E-state index contributed by atoms with van der Waals surface area (Å²) in [5, 5.41) is 3.56. The van der Waals surface area contributed by atoms with Crippen LogP contribution in [0.5, 0.6) is 0 Å². The van der Waals surface area contributed by atoms with Gasteiger partial charge < -0.3 is 10.1 Å². The Morgan fingerprint density at radius 1 is 0.842 bits per heavy atom. The van der Waals surface area contributed by atoms with Crippen LogP contribution in [0.25, 0.3) is 0 Å². The second-order valence-electron chi connectivity index (χ2n) is 5.59. The topological polar surface area (TPSA) is 21.3 Å². The van der Waals surface area contributed by atoms with Gasteiger partial charge in [0.1, 0.15) is 0 Å². The molecule has 0 saturated heterocycles. The number of rotatable bonds is 14. The zero-order valence-electron chi connectivity index (χ0n) is 13.8. The number of nitrogens with one attached hydrogen (secondary N) is 1. The van der Waals surface area contributed by atoms with Crippen molar-refractivity contribution in [2.45, 2.75) is 97.6 Å². The molecule has 0 aromatic rings. The summed E-state index contributed by atoms with van der Waals surface area (Å²) in [4.78, 5) is 0. The maximum atomic E-state index is 5.72. The van der Waals surface area contributed by atoms with Crippen molar-refractivity contribution in [3.63, 3.8) is 0 Å². The average molecular weight is 271 g/mol. The van der Waals surface area contributed by atoms with E-state index in [-0.39, 0.29) is 0 Å². The van der Waals surface area contributed by atoms with Crippen LogP contribution in [0.15, 0.2) is 0 Å². The average Bonchev–Trinajstić information content (AvgIpc) is 2.40. The van der Waals surface area contributed by atoms with Gasteiger partial charge in [-0.3, -0.25) is 0 Å². The van der Waals surface area contributed by atoms with Gasteiger partial charge in [-0.25, -0.2) is 0 Å².